The molecule has 0 aromatic heterocycles. The molecule has 2 N–H and O–H groups in total. The van der Waals surface area contributed by atoms with Crippen molar-refractivity contribution < 1.29 is 13.6 Å². The second-order valence-electron chi connectivity index (χ2n) is 6.22. The molecular formula is C19H20F2N2O. The maximum absolute atomic E-state index is 13.6. The molecule has 1 amide bonds. The van der Waals surface area contributed by atoms with Crippen LogP contribution in [-0.2, 0) is 11.3 Å². The quantitative estimate of drug-likeness (QED) is 0.835. The van der Waals surface area contributed by atoms with Gasteiger partial charge in [0.05, 0.1) is 0 Å². The number of amides is 1. The van der Waals surface area contributed by atoms with Crippen LogP contribution in [0.25, 0.3) is 0 Å². The maximum Gasteiger partial charge on any atom is 0.227 e. The first-order chi connectivity index (χ1) is 11.5. The molecule has 1 aliphatic carbocycles. The molecule has 24 heavy (non-hydrogen) atoms. The van der Waals surface area contributed by atoms with E-state index >= 15 is 0 Å². The van der Waals surface area contributed by atoms with E-state index in [9.17, 15) is 13.6 Å². The Bertz CT molecular complexity index is 727. The summed E-state index contributed by atoms with van der Waals surface area (Å²) in [5.74, 6) is -0.618. The molecule has 1 saturated carbocycles. The van der Waals surface area contributed by atoms with Gasteiger partial charge in [-0.1, -0.05) is 12.1 Å². The van der Waals surface area contributed by atoms with Crippen LogP contribution in [0.2, 0.25) is 0 Å². The second-order valence-corrected chi connectivity index (χ2v) is 6.22. The van der Waals surface area contributed by atoms with Crippen molar-refractivity contribution in [3.8, 4) is 0 Å². The molecule has 0 spiro atoms. The topological polar surface area (TPSA) is 41.1 Å². The Labute approximate surface area is 140 Å². The first-order valence-corrected chi connectivity index (χ1v) is 8.11. The number of nitrogens with one attached hydrogen (secondary N) is 2. The molecule has 1 aliphatic rings. The van der Waals surface area contributed by atoms with Crippen LogP contribution in [0, 0.1) is 17.6 Å². The van der Waals surface area contributed by atoms with Gasteiger partial charge in [0.15, 0.2) is 0 Å². The zero-order valence-electron chi connectivity index (χ0n) is 13.5. The molecule has 0 saturated heterocycles. The normalized spacial score (nSPS) is 15.1. The summed E-state index contributed by atoms with van der Waals surface area (Å²) in [5, 5.41) is 6.07. The second kappa shape index (κ2) is 7.09. The van der Waals surface area contributed by atoms with Crippen molar-refractivity contribution in [3.63, 3.8) is 0 Å². The third-order valence-electron chi connectivity index (χ3n) is 4.23. The number of hydrogen-bond acceptors (Lipinski definition) is 2. The number of carbonyl (C=O) groups is 1. The Morgan fingerprint density at radius 2 is 1.88 bits per heavy atom. The van der Waals surface area contributed by atoms with Gasteiger partial charge in [-0.15, -0.1) is 0 Å². The van der Waals surface area contributed by atoms with Crippen LogP contribution in [0.5, 0.6) is 0 Å². The molecular weight excluding hydrogens is 310 g/mol. The smallest absolute Gasteiger partial charge is 0.227 e. The maximum atomic E-state index is 13.6. The van der Waals surface area contributed by atoms with E-state index < -0.39 is 11.6 Å². The molecule has 0 unspecified atom stereocenters. The van der Waals surface area contributed by atoms with Crippen molar-refractivity contribution in [2.24, 2.45) is 5.92 Å². The number of rotatable bonds is 6. The monoisotopic (exact) mass is 330 g/mol. The van der Waals surface area contributed by atoms with Gasteiger partial charge in [-0.2, -0.15) is 0 Å². The Hall–Kier alpha value is -2.27. The fraction of sp³-hybridized carbons (Fsp3) is 0.316. The van der Waals surface area contributed by atoms with Crippen molar-refractivity contribution in [2.45, 2.75) is 32.4 Å². The molecule has 3 nitrogen and oxygen atoms in total. The number of halogens is 2. The zero-order valence-corrected chi connectivity index (χ0v) is 13.5. The Balaban J connectivity index is 1.57. The highest BCUT2D eigenvalue weighted by Gasteiger charge is 2.29. The zero-order chi connectivity index (χ0) is 17.1. The predicted octanol–water partition coefficient (Wildman–Crippen LogP) is 4.16. The van der Waals surface area contributed by atoms with Crippen molar-refractivity contribution in [1.29, 1.82) is 0 Å². The molecule has 0 radical (unpaired) electrons. The molecule has 126 valence electrons. The molecule has 1 fully saturated rings. The third-order valence-corrected chi connectivity index (χ3v) is 4.23. The van der Waals surface area contributed by atoms with E-state index in [4.69, 9.17) is 0 Å². The fourth-order valence-corrected chi connectivity index (χ4v) is 2.50. The summed E-state index contributed by atoms with van der Waals surface area (Å²) >= 11 is 0. The summed E-state index contributed by atoms with van der Waals surface area (Å²) < 4.78 is 26.8. The average molecular weight is 330 g/mol. The number of carbonyl (C=O) groups excluding carboxylic acids is 1. The first kappa shape index (κ1) is 16.6. The average Bonchev–Trinajstić information content (AvgIpc) is 3.41. The molecule has 0 bridgehead atoms. The molecule has 1 atom stereocenters. The molecule has 2 aromatic rings. The van der Waals surface area contributed by atoms with Gasteiger partial charge in [0.1, 0.15) is 11.6 Å². The van der Waals surface area contributed by atoms with E-state index in [1.807, 2.05) is 31.2 Å². The summed E-state index contributed by atoms with van der Waals surface area (Å²) in [5.41, 5.74) is 2.09. The van der Waals surface area contributed by atoms with Crippen molar-refractivity contribution in [1.82, 2.24) is 5.32 Å². The standard InChI is InChI=1S/C19H20F2N2O/c1-12(22-11-15-10-16(20)6-9-18(15)21)13-4-7-17(8-5-13)23-19(24)14-2-3-14/h4-10,12,14,22H,2-3,11H2,1H3,(H,23,24)/t12-/m0/s1. The van der Waals surface area contributed by atoms with Crippen molar-refractivity contribution >= 4 is 11.6 Å². The van der Waals surface area contributed by atoms with Crippen LogP contribution in [-0.4, -0.2) is 5.91 Å². The highest BCUT2D eigenvalue weighted by Crippen LogP contribution is 2.30. The van der Waals surface area contributed by atoms with E-state index in [1.165, 1.54) is 6.07 Å². The number of hydrogen-bond donors (Lipinski definition) is 2. The van der Waals surface area contributed by atoms with E-state index in [0.717, 1.165) is 36.2 Å². The molecule has 0 aliphatic heterocycles. The van der Waals surface area contributed by atoms with E-state index in [0.29, 0.717) is 5.56 Å². The molecule has 0 heterocycles. The van der Waals surface area contributed by atoms with Gasteiger partial charge in [-0.25, -0.2) is 8.78 Å². The fourth-order valence-electron chi connectivity index (χ4n) is 2.50. The Kier molecular flexibility index (Phi) is 4.90. The van der Waals surface area contributed by atoms with E-state index in [2.05, 4.69) is 10.6 Å². The minimum Gasteiger partial charge on any atom is -0.326 e. The van der Waals surface area contributed by atoms with Crippen LogP contribution in [0.1, 0.15) is 36.9 Å². The lowest BCUT2D eigenvalue weighted by molar-refractivity contribution is -0.117. The minimum absolute atomic E-state index is 0.0270. The van der Waals surface area contributed by atoms with E-state index in [-0.39, 0.29) is 24.4 Å². The predicted molar refractivity (Wildman–Crippen MR) is 89.4 cm³/mol. The van der Waals surface area contributed by atoms with Gasteiger partial charge in [-0.3, -0.25) is 4.79 Å². The van der Waals surface area contributed by atoms with Crippen LogP contribution in [0.15, 0.2) is 42.5 Å². The lowest BCUT2D eigenvalue weighted by Gasteiger charge is -2.15. The van der Waals surface area contributed by atoms with Gasteiger partial charge >= 0.3 is 0 Å². The largest absolute Gasteiger partial charge is 0.326 e. The highest BCUT2D eigenvalue weighted by atomic mass is 19.1. The summed E-state index contributed by atoms with van der Waals surface area (Å²) in [6.07, 6.45) is 1.95. The van der Waals surface area contributed by atoms with Crippen molar-refractivity contribution in [2.75, 3.05) is 5.32 Å². The van der Waals surface area contributed by atoms with Gasteiger partial charge in [-0.05, 0) is 55.7 Å². The van der Waals surface area contributed by atoms with Gasteiger partial charge < -0.3 is 10.6 Å². The van der Waals surface area contributed by atoms with Crippen molar-refractivity contribution in [3.05, 3.63) is 65.2 Å². The van der Waals surface area contributed by atoms with Gasteiger partial charge in [0, 0.05) is 29.8 Å². The van der Waals surface area contributed by atoms with Crippen LogP contribution in [0.4, 0.5) is 14.5 Å². The highest BCUT2D eigenvalue weighted by molar-refractivity contribution is 5.94. The number of benzene rings is 2. The van der Waals surface area contributed by atoms with Crippen LogP contribution < -0.4 is 10.6 Å². The Morgan fingerprint density at radius 1 is 1.17 bits per heavy atom. The number of anilines is 1. The minimum atomic E-state index is -0.448. The summed E-state index contributed by atoms with van der Waals surface area (Å²) in [6.45, 7) is 2.19. The summed E-state index contributed by atoms with van der Waals surface area (Å²) in [4.78, 5) is 11.7. The molecule has 2 aromatic carbocycles. The van der Waals surface area contributed by atoms with Gasteiger partial charge in [0.2, 0.25) is 5.91 Å². The third kappa shape index (κ3) is 4.17. The molecule has 3 rings (SSSR count). The first-order valence-electron chi connectivity index (χ1n) is 8.11. The lowest BCUT2D eigenvalue weighted by Crippen LogP contribution is -2.19. The SMILES string of the molecule is C[C@H](NCc1cc(F)ccc1F)c1ccc(NC(=O)C2CC2)cc1. The van der Waals surface area contributed by atoms with Crippen LogP contribution in [0.3, 0.4) is 0 Å². The van der Waals surface area contributed by atoms with Gasteiger partial charge in [0.25, 0.3) is 0 Å². The van der Waals surface area contributed by atoms with Crippen LogP contribution >= 0.6 is 0 Å². The summed E-state index contributed by atoms with van der Waals surface area (Å²) in [7, 11) is 0. The van der Waals surface area contributed by atoms with E-state index in [1.54, 1.807) is 0 Å². The summed E-state index contributed by atoms with van der Waals surface area (Å²) in [6, 6.07) is 11.0. The molecule has 5 heteroatoms. The Morgan fingerprint density at radius 3 is 2.54 bits per heavy atom. The lowest BCUT2D eigenvalue weighted by atomic mass is 10.1.